The van der Waals surface area contributed by atoms with E-state index in [-0.39, 0.29) is 0 Å². The first kappa shape index (κ1) is 12.6. The van der Waals surface area contributed by atoms with Crippen LogP contribution in [0, 0.1) is 20.8 Å². The molecule has 18 heavy (non-hydrogen) atoms. The average Bonchev–Trinajstić information content (AvgIpc) is 2.36. The Bertz CT molecular complexity index is 561. The molecule has 0 aliphatic heterocycles. The zero-order valence-electron chi connectivity index (χ0n) is 11.4. The highest BCUT2D eigenvalue weighted by Crippen LogP contribution is 2.25. The molecule has 0 amide bonds. The van der Waals surface area contributed by atoms with Crippen molar-refractivity contribution in [1.82, 2.24) is 4.98 Å². The zero-order chi connectivity index (χ0) is 13.1. The van der Waals surface area contributed by atoms with E-state index in [9.17, 15) is 0 Å². The van der Waals surface area contributed by atoms with E-state index in [4.69, 9.17) is 4.74 Å². The molecule has 0 radical (unpaired) electrons. The third-order valence-electron chi connectivity index (χ3n) is 3.37. The van der Waals surface area contributed by atoms with Gasteiger partial charge in [-0.2, -0.15) is 0 Å². The van der Waals surface area contributed by atoms with Gasteiger partial charge in [0.05, 0.1) is 12.8 Å². The van der Waals surface area contributed by atoms with E-state index in [2.05, 4.69) is 43.1 Å². The predicted octanol–water partition coefficient (Wildman–Crippen LogP) is 3.61. The second kappa shape index (κ2) is 5.21. The fourth-order valence-electron chi connectivity index (χ4n) is 2.24. The molecule has 0 saturated carbocycles. The molecule has 0 bridgehead atoms. The first-order valence-corrected chi connectivity index (χ1v) is 6.17. The molecular formula is C16H19NO. The number of benzene rings is 1. The van der Waals surface area contributed by atoms with Crippen molar-refractivity contribution in [3.63, 3.8) is 0 Å². The molecule has 2 rings (SSSR count). The number of rotatable bonds is 3. The van der Waals surface area contributed by atoms with Gasteiger partial charge in [0, 0.05) is 23.7 Å². The number of ether oxygens (including phenoxy) is 1. The van der Waals surface area contributed by atoms with Crippen LogP contribution in [0.25, 0.3) is 0 Å². The number of hydrogen-bond acceptors (Lipinski definition) is 2. The molecule has 1 heterocycles. The second-order valence-electron chi connectivity index (χ2n) is 4.65. The molecule has 1 aromatic carbocycles. The predicted molar refractivity (Wildman–Crippen MR) is 74.2 cm³/mol. The van der Waals surface area contributed by atoms with Crippen LogP contribution in [0.1, 0.15) is 27.9 Å². The maximum atomic E-state index is 5.44. The van der Waals surface area contributed by atoms with Gasteiger partial charge in [-0.15, -0.1) is 0 Å². The van der Waals surface area contributed by atoms with Gasteiger partial charge < -0.3 is 4.74 Å². The van der Waals surface area contributed by atoms with Crippen molar-refractivity contribution in [1.29, 1.82) is 0 Å². The van der Waals surface area contributed by atoms with Gasteiger partial charge in [0.2, 0.25) is 0 Å². The lowest BCUT2D eigenvalue weighted by Gasteiger charge is -2.13. The topological polar surface area (TPSA) is 22.1 Å². The number of methoxy groups -OCH3 is 1. The molecule has 2 aromatic rings. The molecule has 0 N–H and O–H groups in total. The van der Waals surface area contributed by atoms with Crippen molar-refractivity contribution in [2.24, 2.45) is 0 Å². The normalized spacial score (nSPS) is 10.4. The van der Waals surface area contributed by atoms with Gasteiger partial charge in [-0.05, 0) is 31.9 Å². The lowest BCUT2D eigenvalue weighted by Crippen LogP contribution is -2.01. The number of pyridine rings is 1. The Morgan fingerprint density at radius 2 is 1.78 bits per heavy atom. The minimum atomic E-state index is 0.856. The fraction of sp³-hybridized carbons (Fsp3) is 0.312. The van der Waals surface area contributed by atoms with Gasteiger partial charge in [-0.1, -0.05) is 24.3 Å². The highest BCUT2D eigenvalue weighted by atomic mass is 16.5. The summed E-state index contributed by atoms with van der Waals surface area (Å²) in [6.07, 6.45) is 2.74. The lowest BCUT2D eigenvalue weighted by atomic mass is 10.0. The summed E-state index contributed by atoms with van der Waals surface area (Å²) in [7, 11) is 1.72. The second-order valence-corrected chi connectivity index (χ2v) is 4.65. The summed E-state index contributed by atoms with van der Waals surface area (Å²) < 4.78 is 5.44. The van der Waals surface area contributed by atoms with Gasteiger partial charge >= 0.3 is 0 Å². The molecule has 0 aliphatic carbocycles. The van der Waals surface area contributed by atoms with E-state index in [0.29, 0.717) is 0 Å². The summed E-state index contributed by atoms with van der Waals surface area (Å²) in [5, 5.41) is 0. The van der Waals surface area contributed by atoms with Crippen LogP contribution in [0.5, 0.6) is 5.75 Å². The molecule has 0 fully saturated rings. The molecule has 94 valence electrons. The van der Waals surface area contributed by atoms with Crippen LogP contribution in [0.4, 0.5) is 0 Å². The minimum Gasteiger partial charge on any atom is -0.496 e. The highest BCUT2D eigenvalue weighted by Gasteiger charge is 2.10. The van der Waals surface area contributed by atoms with Crippen LogP contribution in [0.15, 0.2) is 30.5 Å². The standard InChI is InChI=1S/C16H19NO/c1-11-7-5-6-8-14(11)9-15-13(3)16(18-4)12(2)10-17-15/h5-8,10H,9H2,1-4H3. The average molecular weight is 241 g/mol. The summed E-state index contributed by atoms with van der Waals surface area (Å²) in [6.45, 7) is 6.24. The van der Waals surface area contributed by atoms with E-state index in [1.54, 1.807) is 7.11 Å². The Morgan fingerprint density at radius 3 is 2.44 bits per heavy atom. The van der Waals surface area contributed by atoms with Crippen LogP contribution in [-0.2, 0) is 6.42 Å². The van der Waals surface area contributed by atoms with Crippen molar-refractivity contribution in [3.8, 4) is 5.75 Å². The van der Waals surface area contributed by atoms with Crippen molar-refractivity contribution in [3.05, 3.63) is 58.4 Å². The van der Waals surface area contributed by atoms with E-state index in [1.807, 2.05) is 13.1 Å². The van der Waals surface area contributed by atoms with Gasteiger partial charge in [0.25, 0.3) is 0 Å². The molecule has 0 atom stereocenters. The van der Waals surface area contributed by atoms with Crippen molar-refractivity contribution < 1.29 is 4.74 Å². The number of aromatic nitrogens is 1. The van der Waals surface area contributed by atoms with Crippen LogP contribution in [0.3, 0.4) is 0 Å². The summed E-state index contributed by atoms with van der Waals surface area (Å²) in [5.74, 6) is 0.952. The molecule has 2 heteroatoms. The van der Waals surface area contributed by atoms with Crippen LogP contribution < -0.4 is 4.74 Å². The molecule has 0 saturated heterocycles. The van der Waals surface area contributed by atoms with E-state index < -0.39 is 0 Å². The first-order valence-electron chi connectivity index (χ1n) is 6.17. The van der Waals surface area contributed by atoms with Gasteiger partial charge in [-0.25, -0.2) is 0 Å². The van der Waals surface area contributed by atoms with Crippen molar-refractivity contribution in [2.45, 2.75) is 27.2 Å². The maximum Gasteiger partial charge on any atom is 0.128 e. The van der Waals surface area contributed by atoms with Gasteiger partial charge in [0.15, 0.2) is 0 Å². The lowest BCUT2D eigenvalue weighted by molar-refractivity contribution is 0.407. The molecule has 0 aliphatic rings. The smallest absolute Gasteiger partial charge is 0.128 e. The molecule has 2 nitrogen and oxygen atoms in total. The summed E-state index contributed by atoms with van der Waals surface area (Å²) in [4.78, 5) is 4.54. The molecular weight excluding hydrogens is 222 g/mol. The summed E-state index contributed by atoms with van der Waals surface area (Å²) in [6, 6.07) is 8.43. The third-order valence-corrected chi connectivity index (χ3v) is 3.37. The molecule has 1 aromatic heterocycles. The third kappa shape index (κ3) is 2.37. The number of aryl methyl sites for hydroxylation is 2. The Morgan fingerprint density at radius 1 is 1.06 bits per heavy atom. The largest absolute Gasteiger partial charge is 0.496 e. The maximum absolute atomic E-state index is 5.44. The number of nitrogens with zero attached hydrogens (tertiary/aromatic N) is 1. The van der Waals surface area contributed by atoms with Crippen LogP contribution in [0.2, 0.25) is 0 Å². The summed E-state index contributed by atoms with van der Waals surface area (Å²) >= 11 is 0. The van der Waals surface area contributed by atoms with Crippen LogP contribution in [-0.4, -0.2) is 12.1 Å². The fourth-order valence-corrected chi connectivity index (χ4v) is 2.24. The van der Waals surface area contributed by atoms with Gasteiger partial charge in [0.1, 0.15) is 5.75 Å². The Hall–Kier alpha value is -1.83. The molecule has 0 spiro atoms. The Labute approximate surface area is 109 Å². The quantitative estimate of drug-likeness (QED) is 0.819. The van der Waals surface area contributed by atoms with E-state index >= 15 is 0 Å². The zero-order valence-corrected chi connectivity index (χ0v) is 11.4. The van der Waals surface area contributed by atoms with Crippen molar-refractivity contribution >= 4 is 0 Å². The van der Waals surface area contributed by atoms with E-state index in [0.717, 1.165) is 29.0 Å². The van der Waals surface area contributed by atoms with E-state index in [1.165, 1.54) is 11.1 Å². The minimum absolute atomic E-state index is 0.856. The van der Waals surface area contributed by atoms with Gasteiger partial charge in [-0.3, -0.25) is 4.98 Å². The monoisotopic (exact) mass is 241 g/mol. The van der Waals surface area contributed by atoms with Crippen LogP contribution >= 0.6 is 0 Å². The first-order chi connectivity index (χ1) is 8.63. The molecule has 0 unspecified atom stereocenters. The SMILES string of the molecule is COc1c(C)cnc(Cc2ccccc2C)c1C. The van der Waals surface area contributed by atoms with Crippen molar-refractivity contribution in [2.75, 3.05) is 7.11 Å². The Kier molecular flexibility index (Phi) is 3.66. The number of hydrogen-bond donors (Lipinski definition) is 0. The Balaban J connectivity index is 2.39. The highest BCUT2D eigenvalue weighted by molar-refractivity contribution is 5.43. The summed E-state index contributed by atoms with van der Waals surface area (Å²) in [5.41, 5.74) is 5.94.